The zero-order valence-electron chi connectivity index (χ0n) is 17.2. The second-order valence-electron chi connectivity index (χ2n) is 7.54. The first-order valence-electron chi connectivity index (χ1n) is 9.99. The molecule has 2 aromatic heterocycles. The normalized spacial score (nSPS) is 12.8. The number of fused-ring (bicyclic) bond motifs is 1. The SMILES string of the molecule is COc1ccc(Br)c(C(=O)N2Cc3nn(-c4ccccc4C)c(-n4cccc4)c3C2)c1. The largest absolute Gasteiger partial charge is 0.497 e. The van der Waals surface area contributed by atoms with E-state index in [9.17, 15) is 4.79 Å². The highest BCUT2D eigenvalue weighted by Gasteiger charge is 2.32. The summed E-state index contributed by atoms with van der Waals surface area (Å²) in [4.78, 5) is 15.1. The molecule has 3 heterocycles. The molecule has 0 spiro atoms. The van der Waals surface area contributed by atoms with Crippen LogP contribution in [0.5, 0.6) is 5.75 Å². The first kappa shape index (κ1) is 19.6. The van der Waals surface area contributed by atoms with Crippen molar-refractivity contribution in [2.24, 2.45) is 0 Å². The highest BCUT2D eigenvalue weighted by atomic mass is 79.9. The Morgan fingerprint density at radius 1 is 1.06 bits per heavy atom. The lowest BCUT2D eigenvalue weighted by Gasteiger charge is -2.19. The number of methoxy groups -OCH3 is 1. The molecule has 0 radical (unpaired) electrons. The molecule has 0 bridgehead atoms. The first-order chi connectivity index (χ1) is 15.1. The number of nitrogens with zero attached hydrogens (tertiary/aromatic N) is 4. The highest BCUT2D eigenvalue weighted by molar-refractivity contribution is 9.10. The van der Waals surface area contributed by atoms with Gasteiger partial charge in [-0.25, -0.2) is 4.68 Å². The summed E-state index contributed by atoms with van der Waals surface area (Å²) in [6.45, 7) is 3.04. The van der Waals surface area contributed by atoms with Gasteiger partial charge in [-0.15, -0.1) is 0 Å². The Kier molecular flexibility index (Phi) is 4.90. The van der Waals surface area contributed by atoms with Crippen LogP contribution in [0.4, 0.5) is 0 Å². The molecule has 1 aliphatic rings. The summed E-state index contributed by atoms with van der Waals surface area (Å²) in [5.41, 5.74) is 4.74. The molecule has 0 saturated carbocycles. The molecule has 6 nitrogen and oxygen atoms in total. The number of hydrogen-bond donors (Lipinski definition) is 0. The number of ether oxygens (including phenoxy) is 1. The van der Waals surface area contributed by atoms with E-state index < -0.39 is 0 Å². The van der Waals surface area contributed by atoms with Crippen LogP contribution < -0.4 is 4.74 Å². The molecule has 0 aliphatic carbocycles. The van der Waals surface area contributed by atoms with Crippen molar-refractivity contribution in [2.45, 2.75) is 20.0 Å². The average Bonchev–Trinajstić information content (AvgIpc) is 3.50. The van der Waals surface area contributed by atoms with E-state index in [1.165, 1.54) is 0 Å². The van der Waals surface area contributed by atoms with E-state index in [0.29, 0.717) is 24.4 Å². The number of rotatable bonds is 4. The van der Waals surface area contributed by atoms with Gasteiger partial charge >= 0.3 is 0 Å². The predicted molar refractivity (Wildman–Crippen MR) is 122 cm³/mol. The molecule has 1 aliphatic heterocycles. The fourth-order valence-electron chi connectivity index (χ4n) is 4.02. The molecule has 0 saturated heterocycles. The number of carbonyl (C=O) groups is 1. The van der Waals surface area contributed by atoms with Crippen LogP contribution in [-0.4, -0.2) is 32.3 Å². The topological polar surface area (TPSA) is 52.3 Å². The summed E-state index contributed by atoms with van der Waals surface area (Å²) in [6.07, 6.45) is 4.02. The Labute approximate surface area is 188 Å². The van der Waals surface area contributed by atoms with E-state index in [0.717, 1.165) is 32.8 Å². The molecule has 0 fully saturated rings. The molecular weight excluding hydrogens is 456 g/mol. The minimum Gasteiger partial charge on any atom is -0.497 e. The Morgan fingerprint density at radius 2 is 1.84 bits per heavy atom. The Morgan fingerprint density at radius 3 is 2.58 bits per heavy atom. The lowest BCUT2D eigenvalue weighted by Crippen LogP contribution is -2.26. The van der Waals surface area contributed by atoms with Crippen molar-refractivity contribution in [1.29, 1.82) is 0 Å². The van der Waals surface area contributed by atoms with Crippen molar-refractivity contribution < 1.29 is 9.53 Å². The summed E-state index contributed by atoms with van der Waals surface area (Å²) < 4.78 is 10.1. The lowest BCUT2D eigenvalue weighted by molar-refractivity contribution is 0.0748. The van der Waals surface area contributed by atoms with Gasteiger partial charge in [-0.2, -0.15) is 5.10 Å². The number of aryl methyl sites for hydroxylation is 1. The number of amides is 1. The van der Waals surface area contributed by atoms with Gasteiger partial charge in [0.25, 0.3) is 5.91 Å². The molecule has 5 rings (SSSR count). The maximum Gasteiger partial charge on any atom is 0.255 e. The van der Waals surface area contributed by atoms with Gasteiger partial charge in [0, 0.05) is 22.4 Å². The van der Waals surface area contributed by atoms with Crippen LogP contribution in [0.15, 0.2) is 71.5 Å². The third kappa shape index (κ3) is 3.35. The lowest BCUT2D eigenvalue weighted by atomic mass is 10.2. The summed E-state index contributed by atoms with van der Waals surface area (Å²) in [7, 11) is 1.60. The zero-order valence-corrected chi connectivity index (χ0v) is 18.8. The molecule has 1 amide bonds. The van der Waals surface area contributed by atoms with Crippen LogP contribution >= 0.6 is 15.9 Å². The van der Waals surface area contributed by atoms with E-state index >= 15 is 0 Å². The number of carbonyl (C=O) groups excluding carboxylic acids is 1. The molecule has 156 valence electrons. The third-order valence-corrected chi connectivity index (χ3v) is 6.30. The number of halogens is 1. The van der Waals surface area contributed by atoms with Gasteiger partial charge in [0.05, 0.1) is 37.1 Å². The van der Waals surface area contributed by atoms with Gasteiger partial charge in [-0.3, -0.25) is 4.79 Å². The quantitative estimate of drug-likeness (QED) is 0.420. The van der Waals surface area contributed by atoms with Crippen molar-refractivity contribution in [2.75, 3.05) is 7.11 Å². The summed E-state index contributed by atoms with van der Waals surface area (Å²) in [6, 6.07) is 17.6. The van der Waals surface area contributed by atoms with Crippen molar-refractivity contribution >= 4 is 21.8 Å². The minimum absolute atomic E-state index is 0.0512. The van der Waals surface area contributed by atoms with E-state index in [-0.39, 0.29) is 5.91 Å². The van der Waals surface area contributed by atoms with Crippen LogP contribution in [-0.2, 0) is 13.1 Å². The fraction of sp³-hybridized carbons (Fsp3) is 0.167. The fourth-order valence-corrected chi connectivity index (χ4v) is 4.44. The number of para-hydroxylation sites is 1. The molecule has 0 atom stereocenters. The van der Waals surface area contributed by atoms with Crippen molar-refractivity contribution in [3.05, 3.63) is 93.8 Å². The molecular formula is C24H21BrN4O2. The van der Waals surface area contributed by atoms with Crippen LogP contribution in [0.2, 0.25) is 0 Å². The number of benzene rings is 2. The van der Waals surface area contributed by atoms with E-state index in [4.69, 9.17) is 9.84 Å². The minimum atomic E-state index is -0.0512. The van der Waals surface area contributed by atoms with Gasteiger partial charge < -0.3 is 14.2 Å². The summed E-state index contributed by atoms with van der Waals surface area (Å²) in [5, 5.41) is 4.93. The molecule has 0 N–H and O–H groups in total. The molecule has 4 aromatic rings. The third-order valence-electron chi connectivity index (χ3n) is 5.61. The van der Waals surface area contributed by atoms with E-state index in [1.54, 1.807) is 13.2 Å². The Hall–Kier alpha value is -3.32. The molecule has 31 heavy (non-hydrogen) atoms. The number of aromatic nitrogens is 3. The van der Waals surface area contributed by atoms with Crippen molar-refractivity contribution in [3.63, 3.8) is 0 Å². The van der Waals surface area contributed by atoms with Gasteiger partial charge in [-0.1, -0.05) is 18.2 Å². The smallest absolute Gasteiger partial charge is 0.255 e. The maximum atomic E-state index is 13.3. The van der Waals surface area contributed by atoms with Gasteiger partial charge in [-0.05, 0) is 64.8 Å². The van der Waals surface area contributed by atoms with Crippen LogP contribution in [0.25, 0.3) is 11.5 Å². The maximum absolute atomic E-state index is 13.3. The first-order valence-corrected chi connectivity index (χ1v) is 10.8. The van der Waals surface area contributed by atoms with Gasteiger partial charge in [0.1, 0.15) is 11.6 Å². The van der Waals surface area contributed by atoms with Crippen LogP contribution in [0, 0.1) is 6.92 Å². The van der Waals surface area contributed by atoms with Crippen molar-refractivity contribution in [1.82, 2.24) is 19.2 Å². The zero-order chi connectivity index (χ0) is 21.5. The second-order valence-corrected chi connectivity index (χ2v) is 8.40. The van der Waals surface area contributed by atoms with Crippen LogP contribution in [0.3, 0.4) is 0 Å². The van der Waals surface area contributed by atoms with Crippen LogP contribution in [0.1, 0.15) is 27.2 Å². The van der Waals surface area contributed by atoms with Gasteiger partial charge in [0.15, 0.2) is 0 Å². The monoisotopic (exact) mass is 476 g/mol. The predicted octanol–water partition coefficient (Wildman–Crippen LogP) is 4.90. The average molecular weight is 477 g/mol. The van der Waals surface area contributed by atoms with Gasteiger partial charge in [0.2, 0.25) is 0 Å². The molecule has 0 unspecified atom stereocenters. The van der Waals surface area contributed by atoms with E-state index in [2.05, 4.69) is 39.6 Å². The van der Waals surface area contributed by atoms with E-state index in [1.807, 2.05) is 58.4 Å². The number of hydrogen-bond acceptors (Lipinski definition) is 3. The molecule has 7 heteroatoms. The summed E-state index contributed by atoms with van der Waals surface area (Å²) in [5.74, 6) is 1.57. The highest BCUT2D eigenvalue weighted by Crippen LogP contribution is 2.33. The molecule has 2 aromatic carbocycles. The Balaban J connectivity index is 1.55. The Bertz CT molecular complexity index is 1280. The summed E-state index contributed by atoms with van der Waals surface area (Å²) >= 11 is 3.50. The van der Waals surface area contributed by atoms with Crippen molar-refractivity contribution in [3.8, 4) is 17.3 Å². The standard InChI is InChI=1S/C24H21BrN4O2/c1-16-7-3-4-8-22(16)29-23(27-11-5-6-12-27)19-14-28(15-21(19)26-29)24(30)18-13-17(31-2)9-10-20(18)25/h3-13H,14-15H2,1-2H3. The second kappa shape index (κ2) is 7.74.